The number of nitrogen functional groups attached to an aromatic ring is 1. The summed E-state index contributed by atoms with van der Waals surface area (Å²) >= 11 is 5.29. The highest BCUT2D eigenvalue weighted by molar-refractivity contribution is 9.10. The quantitative estimate of drug-likeness (QED) is 0.729. The summed E-state index contributed by atoms with van der Waals surface area (Å²) in [6, 6.07) is 10.3. The van der Waals surface area contributed by atoms with Crippen LogP contribution in [0.5, 0.6) is 0 Å². The highest BCUT2D eigenvalue weighted by atomic mass is 79.9. The van der Waals surface area contributed by atoms with E-state index in [-0.39, 0.29) is 0 Å². The number of hydrogen-bond acceptors (Lipinski definition) is 4. The number of fused-ring (bicyclic) bond motifs is 1. The zero-order chi connectivity index (χ0) is 14.1. The highest BCUT2D eigenvalue weighted by Gasteiger charge is 2.07. The van der Waals surface area contributed by atoms with Crippen molar-refractivity contribution in [3.63, 3.8) is 0 Å². The van der Waals surface area contributed by atoms with Gasteiger partial charge < -0.3 is 11.1 Å². The smallest absolute Gasteiger partial charge is 0.0743 e. The van der Waals surface area contributed by atoms with Gasteiger partial charge in [-0.05, 0) is 37.3 Å². The van der Waals surface area contributed by atoms with Crippen molar-refractivity contribution in [3.05, 3.63) is 50.8 Å². The second-order valence-corrected chi connectivity index (χ2v) is 6.90. The van der Waals surface area contributed by atoms with Gasteiger partial charge in [-0.25, -0.2) is 0 Å². The molecule has 0 aliphatic rings. The summed E-state index contributed by atoms with van der Waals surface area (Å²) in [5, 5.41) is 4.47. The van der Waals surface area contributed by atoms with Gasteiger partial charge in [0.05, 0.1) is 23.1 Å². The predicted octanol–water partition coefficient (Wildman–Crippen LogP) is 4.56. The van der Waals surface area contributed by atoms with E-state index in [1.54, 1.807) is 17.5 Å². The first-order valence-electron chi connectivity index (χ1n) is 6.26. The number of pyridine rings is 1. The molecule has 0 aliphatic heterocycles. The normalized spacial score (nSPS) is 10.9. The summed E-state index contributed by atoms with van der Waals surface area (Å²) < 4.78 is 1.02. The van der Waals surface area contributed by atoms with Gasteiger partial charge in [-0.2, -0.15) is 0 Å². The molecule has 0 radical (unpaired) electrons. The molecule has 1 aromatic carbocycles. The van der Waals surface area contributed by atoms with Gasteiger partial charge in [0.1, 0.15) is 0 Å². The molecule has 3 nitrogen and oxygen atoms in total. The standard InChI is InChI=1S/C15H14BrN3S/c1-9-2-4-11(20-9)7-19-15-12-6-10(16)3-5-14(12)18-8-13(15)17/h2-6,8H,7,17H2,1H3,(H,18,19). The van der Waals surface area contributed by atoms with Crippen LogP contribution in [0.15, 0.2) is 41.0 Å². The number of halogens is 1. The molecule has 0 spiro atoms. The van der Waals surface area contributed by atoms with Crippen LogP contribution in [-0.4, -0.2) is 4.98 Å². The second-order valence-electron chi connectivity index (χ2n) is 4.62. The molecule has 0 amide bonds. The lowest BCUT2D eigenvalue weighted by Crippen LogP contribution is -2.03. The molecule has 2 aromatic heterocycles. The van der Waals surface area contributed by atoms with Crippen LogP contribution in [0.4, 0.5) is 11.4 Å². The molecule has 0 unspecified atom stereocenters. The topological polar surface area (TPSA) is 50.9 Å². The maximum atomic E-state index is 6.07. The average Bonchev–Trinajstić information content (AvgIpc) is 2.83. The van der Waals surface area contributed by atoms with Crippen molar-refractivity contribution >= 4 is 49.5 Å². The fraction of sp³-hybridized carbons (Fsp3) is 0.133. The van der Waals surface area contributed by atoms with E-state index in [2.05, 4.69) is 45.3 Å². The molecule has 0 fully saturated rings. The van der Waals surface area contributed by atoms with Crippen LogP contribution < -0.4 is 11.1 Å². The second kappa shape index (κ2) is 5.42. The minimum atomic E-state index is 0.670. The number of thiophene rings is 1. The Morgan fingerprint density at radius 3 is 2.90 bits per heavy atom. The Bertz CT molecular complexity index is 762. The Morgan fingerprint density at radius 2 is 2.15 bits per heavy atom. The average molecular weight is 348 g/mol. The summed E-state index contributed by atoms with van der Waals surface area (Å²) in [7, 11) is 0. The van der Waals surface area contributed by atoms with Crippen molar-refractivity contribution < 1.29 is 0 Å². The first-order valence-corrected chi connectivity index (χ1v) is 7.87. The van der Waals surface area contributed by atoms with E-state index in [0.717, 1.165) is 27.6 Å². The summed E-state index contributed by atoms with van der Waals surface area (Å²) in [6.07, 6.45) is 1.71. The number of anilines is 2. The first kappa shape index (κ1) is 13.4. The minimum absolute atomic E-state index is 0.670. The first-order chi connectivity index (χ1) is 9.63. The lowest BCUT2D eigenvalue weighted by Gasteiger charge is -2.11. The number of nitrogens with zero attached hydrogens (tertiary/aromatic N) is 1. The highest BCUT2D eigenvalue weighted by Crippen LogP contribution is 2.30. The predicted molar refractivity (Wildman–Crippen MR) is 90.2 cm³/mol. The summed E-state index contributed by atoms with van der Waals surface area (Å²) in [4.78, 5) is 6.97. The third kappa shape index (κ3) is 2.64. The number of aryl methyl sites for hydroxylation is 1. The molecule has 2 heterocycles. The molecule has 0 aliphatic carbocycles. The minimum Gasteiger partial charge on any atom is -0.396 e. The largest absolute Gasteiger partial charge is 0.396 e. The summed E-state index contributed by atoms with van der Waals surface area (Å²) in [5.74, 6) is 0. The number of aromatic nitrogens is 1. The zero-order valence-corrected chi connectivity index (χ0v) is 13.4. The SMILES string of the molecule is Cc1ccc(CNc2c(N)cnc3ccc(Br)cc23)s1. The van der Waals surface area contributed by atoms with E-state index in [1.807, 2.05) is 18.2 Å². The van der Waals surface area contributed by atoms with Gasteiger partial charge >= 0.3 is 0 Å². The van der Waals surface area contributed by atoms with E-state index in [1.165, 1.54) is 9.75 Å². The molecule has 0 saturated carbocycles. The molecule has 102 valence electrons. The maximum absolute atomic E-state index is 6.07. The van der Waals surface area contributed by atoms with Gasteiger partial charge in [0.25, 0.3) is 0 Å². The number of nitrogens with two attached hydrogens (primary N) is 1. The van der Waals surface area contributed by atoms with Crippen LogP contribution >= 0.6 is 27.3 Å². The monoisotopic (exact) mass is 347 g/mol. The van der Waals surface area contributed by atoms with Gasteiger partial charge in [-0.15, -0.1) is 11.3 Å². The molecule has 0 atom stereocenters. The van der Waals surface area contributed by atoms with E-state index in [0.29, 0.717) is 5.69 Å². The third-order valence-electron chi connectivity index (χ3n) is 3.09. The van der Waals surface area contributed by atoms with E-state index < -0.39 is 0 Å². The number of benzene rings is 1. The molecule has 3 N–H and O–H groups in total. The maximum Gasteiger partial charge on any atom is 0.0743 e. The zero-order valence-electron chi connectivity index (χ0n) is 11.0. The Morgan fingerprint density at radius 1 is 1.30 bits per heavy atom. The van der Waals surface area contributed by atoms with Gasteiger partial charge in [-0.1, -0.05) is 15.9 Å². The summed E-state index contributed by atoms with van der Waals surface area (Å²) in [5.41, 5.74) is 8.62. The molecule has 3 aromatic rings. The molecular formula is C15H14BrN3S. The van der Waals surface area contributed by atoms with E-state index in [9.17, 15) is 0 Å². The van der Waals surface area contributed by atoms with Gasteiger partial charge in [-0.3, -0.25) is 4.98 Å². The fourth-order valence-corrected chi connectivity index (χ4v) is 3.32. The van der Waals surface area contributed by atoms with Gasteiger partial charge in [0.2, 0.25) is 0 Å². The molecule has 0 bridgehead atoms. The van der Waals surface area contributed by atoms with Crippen LogP contribution in [0.1, 0.15) is 9.75 Å². The van der Waals surface area contributed by atoms with E-state index >= 15 is 0 Å². The van der Waals surface area contributed by atoms with Crippen molar-refractivity contribution in [1.29, 1.82) is 0 Å². The van der Waals surface area contributed by atoms with Crippen molar-refractivity contribution in [1.82, 2.24) is 4.98 Å². The van der Waals surface area contributed by atoms with Crippen LogP contribution in [0.2, 0.25) is 0 Å². The Kier molecular flexibility index (Phi) is 3.63. The van der Waals surface area contributed by atoms with Crippen molar-refractivity contribution in [2.75, 3.05) is 11.1 Å². The molecule has 3 rings (SSSR count). The fourth-order valence-electron chi connectivity index (χ4n) is 2.13. The van der Waals surface area contributed by atoms with Crippen molar-refractivity contribution in [2.45, 2.75) is 13.5 Å². The van der Waals surface area contributed by atoms with Gasteiger partial charge in [0.15, 0.2) is 0 Å². The number of hydrogen-bond donors (Lipinski definition) is 2. The molecule has 20 heavy (non-hydrogen) atoms. The lowest BCUT2D eigenvalue weighted by molar-refractivity contribution is 1.20. The Hall–Kier alpha value is -1.59. The van der Waals surface area contributed by atoms with Gasteiger partial charge in [0, 0.05) is 26.2 Å². The number of nitrogens with one attached hydrogen (secondary N) is 1. The summed E-state index contributed by atoms with van der Waals surface area (Å²) in [6.45, 7) is 2.88. The third-order valence-corrected chi connectivity index (χ3v) is 4.59. The number of rotatable bonds is 3. The molecule has 0 saturated heterocycles. The van der Waals surface area contributed by atoms with Crippen LogP contribution in [-0.2, 0) is 6.54 Å². The Balaban J connectivity index is 1.97. The van der Waals surface area contributed by atoms with Crippen LogP contribution in [0.3, 0.4) is 0 Å². The Labute approximate surface area is 130 Å². The van der Waals surface area contributed by atoms with Crippen molar-refractivity contribution in [2.24, 2.45) is 0 Å². The molecule has 5 heteroatoms. The van der Waals surface area contributed by atoms with Crippen LogP contribution in [0, 0.1) is 6.92 Å². The van der Waals surface area contributed by atoms with Crippen molar-refractivity contribution in [3.8, 4) is 0 Å². The molecular weight excluding hydrogens is 334 g/mol. The van der Waals surface area contributed by atoms with E-state index in [4.69, 9.17) is 5.73 Å². The van der Waals surface area contributed by atoms with Crippen LogP contribution in [0.25, 0.3) is 10.9 Å². The lowest BCUT2D eigenvalue weighted by atomic mass is 10.1.